The predicted molar refractivity (Wildman–Crippen MR) is 47.0 cm³/mol. The molecule has 0 radical (unpaired) electrons. The maximum absolute atomic E-state index is 11.1. The molecule has 0 unspecified atom stereocenters. The summed E-state index contributed by atoms with van der Waals surface area (Å²) >= 11 is 0. The summed E-state index contributed by atoms with van der Waals surface area (Å²) in [5.41, 5.74) is 8.56. The van der Waals surface area contributed by atoms with Gasteiger partial charge in [0.25, 0.3) is 5.78 Å². The molecule has 0 aromatic carbocycles. The minimum Gasteiger partial charge on any atom is -0.465 e. The Morgan fingerprint density at radius 1 is 1.69 bits per heavy atom. The van der Waals surface area contributed by atoms with Crippen molar-refractivity contribution in [2.75, 3.05) is 0 Å². The van der Waals surface area contributed by atoms with E-state index in [0.717, 1.165) is 6.21 Å². The number of rotatable bonds is 3. The van der Waals surface area contributed by atoms with Gasteiger partial charge in [-0.15, -0.1) is 0 Å². The SMILES string of the molecule is C/C(=C\c1ccco1)C(=O)C=[N+]=[N-]. The van der Waals surface area contributed by atoms with Crippen molar-refractivity contribution in [3.63, 3.8) is 0 Å². The van der Waals surface area contributed by atoms with Gasteiger partial charge in [-0.1, -0.05) is 0 Å². The number of carbonyl (C=O) groups excluding carboxylic acids is 1. The zero-order chi connectivity index (χ0) is 9.68. The van der Waals surface area contributed by atoms with E-state index in [1.807, 2.05) is 0 Å². The first kappa shape index (κ1) is 9.16. The molecule has 1 heterocycles. The highest BCUT2D eigenvalue weighted by Gasteiger charge is 2.05. The van der Waals surface area contributed by atoms with Crippen LogP contribution in [-0.4, -0.2) is 16.8 Å². The van der Waals surface area contributed by atoms with Crippen molar-refractivity contribution >= 4 is 18.1 Å². The highest BCUT2D eigenvalue weighted by molar-refractivity contribution is 6.34. The lowest BCUT2D eigenvalue weighted by Crippen LogP contribution is -2.00. The Labute approximate surface area is 75.1 Å². The first-order valence-electron chi connectivity index (χ1n) is 3.67. The Hall–Kier alpha value is -1.93. The Morgan fingerprint density at radius 3 is 3.00 bits per heavy atom. The first-order valence-corrected chi connectivity index (χ1v) is 3.67. The zero-order valence-corrected chi connectivity index (χ0v) is 7.10. The third kappa shape index (κ3) is 2.54. The second-order valence-corrected chi connectivity index (χ2v) is 2.45. The van der Waals surface area contributed by atoms with E-state index in [9.17, 15) is 4.79 Å². The van der Waals surface area contributed by atoms with E-state index in [1.165, 1.54) is 6.26 Å². The Balaban J connectivity index is 2.83. The topological polar surface area (TPSA) is 66.6 Å². The first-order chi connectivity index (χ1) is 6.24. The van der Waals surface area contributed by atoms with Crippen LogP contribution in [0.1, 0.15) is 12.7 Å². The summed E-state index contributed by atoms with van der Waals surface area (Å²) in [4.78, 5) is 13.7. The predicted octanol–water partition coefficient (Wildman–Crippen LogP) is 1.55. The van der Waals surface area contributed by atoms with E-state index in [-0.39, 0.29) is 5.78 Å². The highest BCUT2D eigenvalue weighted by Crippen LogP contribution is 2.06. The summed E-state index contributed by atoms with van der Waals surface area (Å²) < 4.78 is 5.00. The number of carbonyl (C=O) groups is 1. The van der Waals surface area contributed by atoms with E-state index in [2.05, 4.69) is 4.79 Å². The molecule has 0 aliphatic rings. The van der Waals surface area contributed by atoms with E-state index < -0.39 is 0 Å². The molecule has 4 heteroatoms. The second kappa shape index (κ2) is 4.18. The third-order valence-electron chi connectivity index (χ3n) is 1.47. The molecule has 0 saturated heterocycles. The fraction of sp³-hybridized carbons (Fsp3) is 0.111. The molecule has 0 aliphatic carbocycles. The van der Waals surface area contributed by atoms with Crippen LogP contribution in [-0.2, 0) is 4.79 Å². The van der Waals surface area contributed by atoms with Crippen LogP contribution in [0.25, 0.3) is 11.6 Å². The zero-order valence-electron chi connectivity index (χ0n) is 7.10. The lowest BCUT2D eigenvalue weighted by molar-refractivity contribution is -0.112. The monoisotopic (exact) mass is 176 g/mol. The van der Waals surface area contributed by atoms with E-state index in [4.69, 9.17) is 9.95 Å². The van der Waals surface area contributed by atoms with Gasteiger partial charge in [0.1, 0.15) is 5.76 Å². The Bertz CT molecular complexity index is 370. The standard InChI is InChI=1S/C9H8N2O2/c1-7(9(12)6-11-10)5-8-3-2-4-13-8/h2-6H,1H3/b7-5+. The average Bonchev–Trinajstić information content (AvgIpc) is 2.57. The quantitative estimate of drug-likeness (QED) is 0.303. The van der Waals surface area contributed by atoms with Crippen LogP contribution in [0.3, 0.4) is 0 Å². The smallest absolute Gasteiger partial charge is 0.327 e. The van der Waals surface area contributed by atoms with E-state index in [1.54, 1.807) is 25.1 Å². The minimum atomic E-state index is -0.348. The number of furan rings is 1. The summed E-state index contributed by atoms with van der Waals surface area (Å²) in [6.45, 7) is 1.62. The molecule has 1 aromatic heterocycles. The van der Waals surface area contributed by atoms with Crippen molar-refractivity contribution in [2.24, 2.45) is 0 Å². The molecule has 1 rings (SSSR count). The van der Waals surface area contributed by atoms with Gasteiger partial charge in [-0.05, 0) is 25.1 Å². The number of hydrogen-bond donors (Lipinski definition) is 0. The number of Topliss-reactive ketones (excluding diaryl/α,β-unsaturated/α-hetero) is 1. The van der Waals surface area contributed by atoms with Crippen LogP contribution in [0.15, 0.2) is 28.4 Å². The fourth-order valence-corrected chi connectivity index (χ4v) is 0.812. The van der Waals surface area contributed by atoms with Crippen molar-refractivity contribution in [1.29, 1.82) is 0 Å². The maximum Gasteiger partial charge on any atom is 0.327 e. The van der Waals surface area contributed by atoms with Gasteiger partial charge >= 0.3 is 6.21 Å². The molecule has 0 amide bonds. The van der Waals surface area contributed by atoms with Gasteiger partial charge in [-0.3, -0.25) is 4.79 Å². The van der Waals surface area contributed by atoms with Crippen molar-refractivity contribution in [1.82, 2.24) is 0 Å². The molecule has 0 spiro atoms. The van der Waals surface area contributed by atoms with Gasteiger partial charge in [0.05, 0.1) is 6.26 Å². The summed E-state index contributed by atoms with van der Waals surface area (Å²) in [5.74, 6) is 0.246. The normalized spacial score (nSPS) is 10.7. The summed E-state index contributed by atoms with van der Waals surface area (Å²) in [5, 5.41) is 0. The van der Waals surface area contributed by atoms with Gasteiger partial charge in [0, 0.05) is 5.57 Å². The molecule has 0 atom stereocenters. The third-order valence-corrected chi connectivity index (χ3v) is 1.47. The van der Waals surface area contributed by atoms with E-state index >= 15 is 0 Å². The van der Waals surface area contributed by atoms with Gasteiger partial charge in [0.15, 0.2) is 0 Å². The van der Waals surface area contributed by atoms with Crippen molar-refractivity contribution < 1.29 is 14.0 Å². The molecule has 0 saturated carbocycles. The lowest BCUT2D eigenvalue weighted by Gasteiger charge is -1.88. The molecule has 4 nitrogen and oxygen atoms in total. The largest absolute Gasteiger partial charge is 0.465 e. The van der Waals surface area contributed by atoms with Crippen LogP contribution in [0.5, 0.6) is 0 Å². The van der Waals surface area contributed by atoms with Crippen LogP contribution in [0.4, 0.5) is 0 Å². The van der Waals surface area contributed by atoms with Crippen molar-refractivity contribution in [3.8, 4) is 0 Å². The average molecular weight is 176 g/mol. The van der Waals surface area contributed by atoms with Crippen LogP contribution < -0.4 is 0 Å². The van der Waals surface area contributed by atoms with Gasteiger partial charge in [-0.2, -0.15) is 4.79 Å². The molecule has 0 aliphatic heterocycles. The van der Waals surface area contributed by atoms with Crippen LogP contribution >= 0.6 is 0 Å². The number of allylic oxidation sites excluding steroid dienone is 1. The van der Waals surface area contributed by atoms with Crippen LogP contribution in [0.2, 0.25) is 0 Å². The van der Waals surface area contributed by atoms with Crippen molar-refractivity contribution in [3.05, 3.63) is 35.3 Å². The highest BCUT2D eigenvalue weighted by atomic mass is 16.3. The number of hydrogen-bond acceptors (Lipinski definition) is 2. The number of ketones is 1. The molecule has 66 valence electrons. The van der Waals surface area contributed by atoms with E-state index in [0.29, 0.717) is 11.3 Å². The van der Waals surface area contributed by atoms with Gasteiger partial charge in [-0.25, -0.2) is 0 Å². The van der Waals surface area contributed by atoms with Crippen molar-refractivity contribution in [2.45, 2.75) is 6.92 Å². The second-order valence-electron chi connectivity index (χ2n) is 2.45. The molecular formula is C9H8N2O2. The number of nitrogens with zero attached hydrogens (tertiary/aromatic N) is 2. The minimum absolute atomic E-state index is 0.348. The molecule has 1 aromatic rings. The maximum atomic E-state index is 11.1. The summed E-state index contributed by atoms with van der Waals surface area (Å²) in [6, 6.07) is 3.45. The Kier molecular flexibility index (Phi) is 2.95. The molecule has 0 fully saturated rings. The molecule has 13 heavy (non-hydrogen) atoms. The molecule has 0 bridgehead atoms. The lowest BCUT2D eigenvalue weighted by atomic mass is 10.2. The molecule has 0 N–H and O–H groups in total. The fourth-order valence-electron chi connectivity index (χ4n) is 0.812. The van der Waals surface area contributed by atoms with Crippen LogP contribution in [0, 0.1) is 0 Å². The van der Waals surface area contributed by atoms with Gasteiger partial charge in [0.2, 0.25) is 0 Å². The Morgan fingerprint density at radius 2 is 2.46 bits per heavy atom. The summed E-state index contributed by atoms with van der Waals surface area (Å²) in [6.07, 6.45) is 3.93. The summed E-state index contributed by atoms with van der Waals surface area (Å²) in [7, 11) is 0. The van der Waals surface area contributed by atoms with Gasteiger partial charge < -0.3 is 9.95 Å². The molecular weight excluding hydrogens is 168 g/mol.